The van der Waals surface area contributed by atoms with Gasteiger partial charge in [0.15, 0.2) is 0 Å². The van der Waals surface area contributed by atoms with E-state index in [9.17, 15) is 0 Å². The third-order valence-electron chi connectivity index (χ3n) is 7.44. The smallest absolute Gasteiger partial charge is 0.235 e. The predicted octanol–water partition coefficient (Wildman–Crippen LogP) is 9.96. The molecule has 0 amide bonds. The summed E-state index contributed by atoms with van der Waals surface area (Å²) < 4.78 is 5.03. The van der Waals surface area contributed by atoms with Crippen LogP contribution in [-0.2, 0) is 19.5 Å². The molecule has 0 radical (unpaired) electrons. The first-order valence-corrected chi connectivity index (χ1v) is 15.4. The molecule has 0 spiro atoms. The van der Waals surface area contributed by atoms with Crippen LogP contribution in [0.3, 0.4) is 0 Å². The van der Waals surface area contributed by atoms with E-state index in [0.717, 1.165) is 6.54 Å². The molecule has 0 fully saturated rings. The lowest BCUT2D eigenvalue weighted by molar-refractivity contribution is -0.704. The van der Waals surface area contributed by atoms with Gasteiger partial charge < -0.3 is 0 Å². The Morgan fingerprint density at radius 2 is 0.909 bits per heavy atom. The summed E-state index contributed by atoms with van der Waals surface area (Å²) in [5.74, 6) is 1.56. The van der Waals surface area contributed by atoms with E-state index < -0.39 is 0 Å². The van der Waals surface area contributed by atoms with Crippen molar-refractivity contribution in [1.82, 2.24) is 4.57 Å². The monoisotopic (exact) mass is 461 g/mol. The first-order chi connectivity index (χ1) is 16.3. The highest BCUT2D eigenvalue weighted by molar-refractivity contribution is 4.83. The SMILES string of the molecule is CCCCCCCCCCCCCCCCCC[n+]1ccn(CC)c1CCCCCCCC. The first kappa shape index (κ1) is 30.2. The van der Waals surface area contributed by atoms with Crippen LogP contribution in [0.4, 0.5) is 0 Å². The molecule has 0 aliphatic carbocycles. The molecular formula is C31H61N2+. The molecule has 0 saturated carbocycles. The Morgan fingerprint density at radius 3 is 1.33 bits per heavy atom. The number of hydrogen-bond donors (Lipinski definition) is 0. The van der Waals surface area contributed by atoms with Crippen molar-refractivity contribution in [3.05, 3.63) is 18.2 Å². The zero-order chi connectivity index (χ0) is 23.8. The Morgan fingerprint density at radius 1 is 0.515 bits per heavy atom. The van der Waals surface area contributed by atoms with Gasteiger partial charge in [-0.3, -0.25) is 0 Å². The highest BCUT2D eigenvalue weighted by atomic mass is 15.1. The van der Waals surface area contributed by atoms with Gasteiger partial charge in [0, 0.05) is 6.42 Å². The van der Waals surface area contributed by atoms with E-state index in [-0.39, 0.29) is 0 Å². The minimum atomic E-state index is 1.11. The van der Waals surface area contributed by atoms with Crippen LogP contribution in [0.1, 0.15) is 168 Å². The van der Waals surface area contributed by atoms with Crippen molar-refractivity contribution in [2.45, 2.75) is 182 Å². The van der Waals surface area contributed by atoms with E-state index in [2.05, 4.69) is 42.3 Å². The molecule has 0 aromatic carbocycles. The number of nitrogens with zero attached hydrogens (tertiary/aromatic N) is 2. The quantitative estimate of drug-likeness (QED) is 0.101. The van der Waals surface area contributed by atoms with Crippen molar-refractivity contribution >= 4 is 0 Å². The Balaban J connectivity index is 1.98. The summed E-state index contributed by atoms with van der Waals surface area (Å²) in [7, 11) is 0. The minimum absolute atomic E-state index is 1.11. The van der Waals surface area contributed by atoms with E-state index >= 15 is 0 Å². The summed E-state index contributed by atoms with van der Waals surface area (Å²) >= 11 is 0. The molecule has 0 atom stereocenters. The summed E-state index contributed by atoms with van der Waals surface area (Å²) in [4.78, 5) is 0. The molecule has 0 aliphatic heterocycles. The number of aromatic nitrogens is 2. The molecule has 0 N–H and O–H groups in total. The molecule has 1 rings (SSSR count). The van der Waals surface area contributed by atoms with Gasteiger partial charge in [0.1, 0.15) is 12.4 Å². The Labute approximate surface area is 208 Å². The van der Waals surface area contributed by atoms with Crippen molar-refractivity contribution in [3.8, 4) is 0 Å². The fourth-order valence-electron chi connectivity index (χ4n) is 5.17. The second-order valence-corrected chi connectivity index (χ2v) is 10.5. The van der Waals surface area contributed by atoms with Crippen LogP contribution in [0.2, 0.25) is 0 Å². The van der Waals surface area contributed by atoms with Gasteiger partial charge in [0.05, 0.1) is 13.1 Å². The lowest BCUT2D eigenvalue weighted by Crippen LogP contribution is -2.37. The summed E-state index contributed by atoms with van der Waals surface area (Å²) in [6, 6.07) is 0. The normalized spacial score (nSPS) is 11.5. The van der Waals surface area contributed by atoms with E-state index in [0.29, 0.717) is 0 Å². The molecule has 194 valence electrons. The van der Waals surface area contributed by atoms with E-state index in [1.807, 2.05) is 0 Å². The van der Waals surface area contributed by atoms with Crippen LogP contribution in [0.25, 0.3) is 0 Å². The van der Waals surface area contributed by atoms with Crippen LogP contribution < -0.4 is 4.57 Å². The van der Waals surface area contributed by atoms with Crippen molar-refractivity contribution in [1.29, 1.82) is 0 Å². The molecule has 0 aliphatic rings. The molecule has 1 aromatic rings. The minimum Gasteiger partial charge on any atom is -0.235 e. The lowest BCUT2D eigenvalue weighted by Gasteiger charge is -2.06. The van der Waals surface area contributed by atoms with Crippen molar-refractivity contribution in [2.75, 3.05) is 0 Å². The van der Waals surface area contributed by atoms with Gasteiger partial charge in [0.25, 0.3) is 5.82 Å². The second kappa shape index (κ2) is 23.0. The highest BCUT2D eigenvalue weighted by Gasteiger charge is 2.15. The van der Waals surface area contributed by atoms with Crippen LogP contribution >= 0.6 is 0 Å². The van der Waals surface area contributed by atoms with Gasteiger partial charge in [-0.1, -0.05) is 136 Å². The van der Waals surface area contributed by atoms with E-state index in [1.54, 1.807) is 5.82 Å². The van der Waals surface area contributed by atoms with Gasteiger partial charge in [-0.05, 0) is 26.2 Å². The van der Waals surface area contributed by atoms with E-state index in [1.165, 1.54) is 154 Å². The first-order valence-electron chi connectivity index (χ1n) is 15.4. The van der Waals surface area contributed by atoms with Crippen LogP contribution in [0, 0.1) is 0 Å². The molecule has 0 unspecified atom stereocenters. The number of unbranched alkanes of at least 4 members (excludes halogenated alkanes) is 20. The topological polar surface area (TPSA) is 8.81 Å². The molecule has 0 saturated heterocycles. The van der Waals surface area contributed by atoms with Crippen LogP contribution in [-0.4, -0.2) is 4.57 Å². The molecule has 1 aromatic heterocycles. The largest absolute Gasteiger partial charge is 0.256 e. The molecular weight excluding hydrogens is 400 g/mol. The van der Waals surface area contributed by atoms with Crippen molar-refractivity contribution < 1.29 is 4.57 Å². The average Bonchev–Trinajstić information content (AvgIpc) is 3.22. The summed E-state index contributed by atoms with van der Waals surface area (Å²) in [5.41, 5.74) is 0. The number of aryl methyl sites for hydroxylation is 2. The lowest BCUT2D eigenvalue weighted by atomic mass is 10.0. The van der Waals surface area contributed by atoms with Crippen LogP contribution in [0.5, 0.6) is 0 Å². The van der Waals surface area contributed by atoms with Crippen molar-refractivity contribution in [3.63, 3.8) is 0 Å². The maximum atomic E-state index is 2.55. The zero-order valence-corrected chi connectivity index (χ0v) is 23.2. The van der Waals surface area contributed by atoms with Gasteiger partial charge in [-0.25, -0.2) is 9.13 Å². The standard InChI is InChI=1S/C31H61N2/c1-4-7-9-11-13-14-15-16-17-18-19-20-21-22-24-26-28-33-30-29-32(6-3)31(33)27-25-23-12-10-8-5-2/h29-30H,4-28H2,1-3H3/q+1. The van der Waals surface area contributed by atoms with Gasteiger partial charge >= 0.3 is 0 Å². The molecule has 33 heavy (non-hydrogen) atoms. The summed E-state index contributed by atoms with van der Waals surface area (Å²) in [6.45, 7) is 9.21. The van der Waals surface area contributed by atoms with Crippen molar-refractivity contribution in [2.24, 2.45) is 0 Å². The molecule has 0 bridgehead atoms. The Hall–Kier alpha value is -0.790. The van der Waals surface area contributed by atoms with Crippen LogP contribution in [0.15, 0.2) is 12.4 Å². The number of hydrogen-bond acceptors (Lipinski definition) is 0. The molecule has 2 heteroatoms. The molecule has 2 nitrogen and oxygen atoms in total. The third-order valence-corrected chi connectivity index (χ3v) is 7.44. The fourth-order valence-corrected chi connectivity index (χ4v) is 5.17. The van der Waals surface area contributed by atoms with Gasteiger partial charge in [0.2, 0.25) is 0 Å². The van der Waals surface area contributed by atoms with E-state index in [4.69, 9.17) is 0 Å². The number of rotatable bonds is 25. The van der Waals surface area contributed by atoms with Gasteiger partial charge in [-0.15, -0.1) is 0 Å². The Bertz CT molecular complexity index is 519. The zero-order valence-electron chi connectivity index (χ0n) is 23.2. The maximum Gasteiger partial charge on any atom is 0.256 e. The summed E-state index contributed by atoms with van der Waals surface area (Å²) in [5, 5.41) is 0. The molecule has 1 heterocycles. The third kappa shape index (κ3) is 16.5. The second-order valence-electron chi connectivity index (χ2n) is 10.5. The van der Waals surface area contributed by atoms with Gasteiger partial charge in [-0.2, -0.15) is 0 Å². The highest BCUT2D eigenvalue weighted by Crippen LogP contribution is 2.14. The average molecular weight is 462 g/mol. The summed E-state index contributed by atoms with van der Waals surface area (Å²) in [6.07, 6.45) is 37.4. The Kier molecular flexibility index (Phi) is 21.1. The predicted molar refractivity (Wildman–Crippen MR) is 147 cm³/mol. The maximum absolute atomic E-state index is 2.55. The fraction of sp³-hybridized carbons (Fsp3) is 0.903. The number of imidazole rings is 1.